The van der Waals surface area contributed by atoms with E-state index in [1.165, 1.54) is 6.08 Å². The minimum Gasteiger partial charge on any atom is -0.366 e. The maximum absolute atomic E-state index is 12.1. The van der Waals surface area contributed by atoms with E-state index in [0.29, 0.717) is 6.54 Å². The SMILES string of the molecule is CC(C)(C)Cn1cc(-c2cnc3[nH]cc(/C=C/C(N)=O)c3c2)ccc1=O. The van der Waals surface area contributed by atoms with Crippen LogP contribution in [0.15, 0.2) is 47.7 Å². The van der Waals surface area contributed by atoms with Crippen LogP contribution >= 0.6 is 0 Å². The van der Waals surface area contributed by atoms with Gasteiger partial charge in [0.2, 0.25) is 5.91 Å². The lowest BCUT2D eigenvalue weighted by Gasteiger charge is -2.20. The third-order valence-corrected chi connectivity index (χ3v) is 3.95. The van der Waals surface area contributed by atoms with Crippen molar-refractivity contribution in [2.45, 2.75) is 27.3 Å². The van der Waals surface area contributed by atoms with Gasteiger partial charge in [-0.2, -0.15) is 0 Å². The molecule has 26 heavy (non-hydrogen) atoms. The Labute approximate surface area is 151 Å². The van der Waals surface area contributed by atoms with Crippen LogP contribution in [0.3, 0.4) is 0 Å². The van der Waals surface area contributed by atoms with E-state index < -0.39 is 5.91 Å². The number of amides is 1. The number of nitrogens with zero attached hydrogens (tertiary/aromatic N) is 2. The van der Waals surface area contributed by atoms with Gasteiger partial charge in [0, 0.05) is 53.8 Å². The third kappa shape index (κ3) is 3.91. The number of carbonyl (C=O) groups excluding carboxylic acids is 1. The first-order valence-corrected chi connectivity index (χ1v) is 8.38. The van der Waals surface area contributed by atoms with Crippen molar-refractivity contribution < 1.29 is 4.79 Å². The number of fused-ring (bicyclic) bond motifs is 1. The summed E-state index contributed by atoms with van der Waals surface area (Å²) in [5.41, 5.74) is 8.51. The maximum Gasteiger partial charge on any atom is 0.250 e. The van der Waals surface area contributed by atoms with Crippen LogP contribution in [0.1, 0.15) is 26.3 Å². The summed E-state index contributed by atoms with van der Waals surface area (Å²) in [6, 6.07) is 5.37. The van der Waals surface area contributed by atoms with E-state index in [1.54, 1.807) is 35.2 Å². The molecule has 0 aliphatic heterocycles. The Hall–Kier alpha value is -3.15. The molecule has 6 heteroatoms. The Morgan fingerprint density at radius 3 is 2.77 bits per heavy atom. The topological polar surface area (TPSA) is 93.8 Å². The second-order valence-electron chi connectivity index (χ2n) is 7.54. The largest absolute Gasteiger partial charge is 0.366 e. The number of pyridine rings is 2. The number of nitrogens with one attached hydrogen (secondary N) is 1. The molecule has 0 bridgehead atoms. The van der Waals surface area contributed by atoms with E-state index in [9.17, 15) is 9.59 Å². The number of aromatic nitrogens is 3. The lowest BCUT2D eigenvalue weighted by atomic mass is 9.96. The smallest absolute Gasteiger partial charge is 0.250 e. The van der Waals surface area contributed by atoms with Crippen molar-refractivity contribution in [1.29, 1.82) is 0 Å². The van der Waals surface area contributed by atoms with Crippen molar-refractivity contribution in [3.05, 3.63) is 58.8 Å². The van der Waals surface area contributed by atoms with Crippen LogP contribution in [0.2, 0.25) is 0 Å². The molecule has 0 saturated heterocycles. The number of nitrogens with two attached hydrogens (primary N) is 1. The first-order chi connectivity index (χ1) is 12.2. The maximum atomic E-state index is 12.1. The van der Waals surface area contributed by atoms with Crippen molar-refractivity contribution in [3.8, 4) is 11.1 Å². The Morgan fingerprint density at radius 1 is 1.31 bits per heavy atom. The molecule has 0 aliphatic rings. The molecule has 0 radical (unpaired) electrons. The second kappa shape index (κ2) is 6.63. The van der Waals surface area contributed by atoms with Crippen molar-refractivity contribution in [2.75, 3.05) is 0 Å². The molecule has 0 atom stereocenters. The zero-order chi connectivity index (χ0) is 18.9. The predicted octanol–water partition coefficient (Wildman–Crippen LogP) is 2.94. The van der Waals surface area contributed by atoms with Crippen LogP contribution < -0.4 is 11.3 Å². The van der Waals surface area contributed by atoms with Crippen LogP contribution in [0, 0.1) is 5.41 Å². The molecule has 6 nitrogen and oxygen atoms in total. The Morgan fingerprint density at radius 2 is 2.08 bits per heavy atom. The third-order valence-electron chi connectivity index (χ3n) is 3.95. The Bertz CT molecular complexity index is 1050. The van der Waals surface area contributed by atoms with Gasteiger partial charge in [-0.1, -0.05) is 20.8 Å². The van der Waals surface area contributed by atoms with Gasteiger partial charge in [-0.05, 0) is 29.2 Å². The molecule has 0 unspecified atom stereocenters. The van der Waals surface area contributed by atoms with Crippen molar-refractivity contribution >= 4 is 23.0 Å². The number of hydrogen-bond acceptors (Lipinski definition) is 3. The van der Waals surface area contributed by atoms with E-state index >= 15 is 0 Å². The summed E-state index contributed by atoms with van der Waals surface area (Å²) in [6.07, 6.45) is 8.39. The highest BCUT2D eigenvalue weighted by atomic mass is 16.1. The highest BCUT2D eigenvalue weighted by molar-refractivity contribution is 5.95. The summed E-state index contributed by atoms with van der Waals surface area (Å²) in [6.45, 7) is 6.91. The average Bonchev–Trinajstić information content (AvgIpc) is 2.96. The predicted molar refractivity (Wildman–Crippen MR) is 103 cm³/mol. The fourth-order valence-electron chi connectivity index (χ4n) is 2.83. The molecule has 3 heterocycles. The van der Waals surface area contributed by atoms with E-state index in [0.717, 1.165) is 27.7 Å². The van der Waals surface area contributed by atoms with Crippen LogP contribution in [0.25, 0.3) is 28.2 Å². The minimum absolute atomic E-state index is 0.00197. The second-order valence-corrected chi connectivity index (χ2v) is 7.54. The molecule has 3 aromatic heterocycles. The van der Waals surface area contributed by atoms with E-state index in [4.69, 9.17) is 5.73 Å². The first-order valence-electron chi connectivity index (χ1n) is 8.38. The zero-order valence-corrected chi connectivity index (χ0v) is 15.1. The van der Waals surface area contributed by atoms with Gasteiger partial charge in [0.1, 0.15) is 5.65 Å². The average molecular weight is 350 g/mol. The number of carbonyl (C=O) groups is 1. The Balaban J connectivity index is 2.05. The highest BCUT2D eigenvalue weighted by Gasteiger charge is 2.13. The highest BCUT2D eigenvalue weighted by Crippen LogP contribution is 2.25. The molecule has 0 spiro atoms. The van der Waals surface area contributed by atoms with Gasteiger partial charge in [-0.15, -0.1) is 0 Å². The molecule has 3 rings (SSSR count). The zero-order valence-electron chi connectivity index (χ0n) is 15.1. The van der Waals surface area contributed by atoms with Gasteiger partial charge in [0.25, 0.3) is 5.56 Å². The van der Waals surface area contributed by atoms with Crippen LogP contribution in [-0.2, 0) is 11.3 Å². The van der Waals surface area contributed by atoms with Crippen molar-refractivity contribution in [1.82, 2.24) is 14.5 Å². The summed E-state index contributed by atoms with van der Waals surface area (Å²) in [5, 5.41) is 0.883. The molecule has 0 aliphatic carbocycles. The molecular weight excluding hydrogens is 328 g/mol. The molecule has 3 N–H and O–H groups in total. The van der Waals surface area contributed by atoms with Gasteiger partial charge in [0.15, 0.2) is 0 Å². The van der Waals surface area contributed by atoms with Gasteiger partial charge in [-0.25, -0.2) is 4.98 Å². The van der Waals surface area contributed by atoms with E-state index in [1.807, 2.05) is 12.3 Å². The fraction of sp³-hybridized carbons (Fsp3) is 0.250. The number of hydrogen-bond donors (Lipinski definition) is 2. The number of rotatable bonds is 4. The normalized spacial score (nSPS) is 12.1. The van der Waals surface area contributed by atoms with Crippen molar-refractivity contribution in [2.24, 2.45) is 11.1 Å². The summed E-state index contributed by atoms with van der Waals surface area (Å²) in [5.74, 6) is -0.502. The minimum atomic E-state index is -0.502. The van der Waals surface area contributed by atoms with Gasteiger partial charge >= 0.3 is 0 Å². The van der Waals surface area contributed by atoms with Gasteiger partial charge in [0.05, 0.1) is 0 Å². The standard InChI is InChI=1S/C20H22N4O2/c1-20(2,3)12-24-11-14(5-7-18(24)26)15-8-16-13(4-6-17(21)25)9-22-19(16)23-10-15/h4-11H,12H2,1-3H3,(H2,21,25)(H,22,23)/b6-4+. The lowest BCUT2D eigenvalue weighted by molar-refractivity contribution is -0.113. The van der Waals surface area contributed by atoms with E-state index in [2.05, 4.69) is 30.7 Å². The molecule has 134 valence electrons. The summed E-state index contributed by atoms with van der Waals surface area (Å²) in [7, 11) is 0. The number of aromatic amines is 1. The van der Waals surface area contributed by atoms with Crippen molar-refractivity contribution in [3.63, 3.8) is 0 Å². The lowest BCUT2D eigenvalue weighted by Crippen LogP contribution is -2.25. The molecule has 0 fully saturated rings. The fourth-order valence-corrected chi connectivity index (χ4v) is 2.83. The number of H-pyrrole nitrogens is 1. The molecular formula is C20H22N4O2. The number of primary amides is 1. The van der Waals surface area contributed by atoms with Gasteiger partial charge in [-0.3, -0.25) is 9.59 Å². The molecule has 0 aromatic carbocycles. The Kier molecular flexibility index (Phi) is 4.50. The summed E-state index contributed by atoms with van der Waals surface area (Å²) in [4.78, 5) is 30.6. The first kappa shape index (κ1) is 17.7. The monoisotopic (exact) mass is 350 g/mol. The van der Waals surface area contributed by atoms with E-state index in [-0.39, 0.29) is 11.0 Å². The molecule has 1 amide bonds. The summed E-state index contributed by atoms with van der Waals surface area (Å²) >= 11 is 0. The van der Waals surface area contributed by atoms with Crippen LogP contribution in [0.4, 0.5) is 0 Å². The van der Waals surface area contributed by atoms with Gasteiger partial charge < -0.3 is 15.3 Å². The van der Waals surface area contributed by atoms with Crippen LogP contribution in [0.5, 0.6) is 0 Å². The summed E-state index contributed by atoms with van der Waals surface area (Å²) < 4.78 is 1.73. The van der Waals surface area contributed by atoms with Crippen LogP contribution in [-0.4, -0.2) is 20.4 Å². The quantitative estimate of drug-likeness (QED) is 0.708. The molecule has 3 aromatic rings. The molecule has 0 saturated carbocycles.